The van der Waals surface area contributed by atoms with Gasteiger partial charge in [0.1, 0.15) is 0 Å². The van der Waals surface area contributed by atoms with Gasteiger partial charge in [-0.25, -0.2) is 0 Å². The van der Waals surface area contributed by atoms with Crippen LogP contribution in [0, 0.1) is 10.1 Å². The molecule has 0 heterocycles. The minimum atomic E-state index is -2.94. The molecule has 2 aromatic rings. The Morgan fingerprint density at radius 2 is 1.93 bits per heavy atom. The van der Waals surface area contributed by atoms with Gasteiger partial charge in [-0.3, -0.25) is 14.9 Å². The summed E-state index contributed by atoms with van der Waals surface area (Å²) in [6.45, 7) is -2.58. The highest BCUT2D eigenvalue weighted by molar-refractivity contribution is 8.00. The van der Waals surface area contributed by atoms with Crippen molar-refractivity contribution in [1.29, 1.82) is 0 Å². The number of benzene rings is 2. The largest absolute Gasteiger partial charge is 0.493 e. The van der Waals surface area contributed by atoms with Gasteiger partial charge in [0.15, 0.2) is 11.5 Å². The molecule has 0 spiro atoms. The molecule has 0 radical (unpaired) electrons. The fourth-order valence-electron chi connectivity index (χ4n) is 2.27. The Bertz CT molecular complexity index is 818. The number of rotatable bonds is 10. The van der Waals surface area contributed by atoms with Gasteiger partial charge in [0.2, 0.25) is 5.91 Å². The maximum absolute atomic E-state index is 12.3. The number of nitrogens with one attached hydrogen (secondary N) is 1. The number of methoxy groups -OCH3 is 1. The SMILES string of the molecule is COc1cc(CCNC(=O)CSc2ccc([N+](=O)[O-])cc2)ccc1OC(F)F. The lowest BCUT2D eigenvalue weighted by molar-refractivity contribution is -0.384. The summed E-state index contributed by atoms with van der Waals surface area (Å²) in [7, 11) is 1.36. The van der Waals surface area contributed by atoms with E-state index >= 15 is 0 Å². The zero-order valence-corrected chi connectivity index (χ0v) is 15.7. The highest BCUT2D eigenvalue weighted by atomic mass is 32.2. The van der Waals surface area contributed by atoms with E-state index in [-0.39, 0.29) is 28.8 Å². The van der Waals surface area contributed by atoms with E-state index in [0.29, 0.717) is 13.0 Å². The predicted molar refractivity (Wildman–Crippen MR) is 100 cm³/mol. The quantitative estimate of drug-likeness (QED) is 0.364. The molecule has 0 fully saturated rings. The number of carbonyl (C=O) groups is 1. The van der Waals surface area contributed by atoms with Gasteiger partial charge in [-0.1, -0.05) is 6.07 Å². The summed E-state index contributed by atoms with van der Waals surface area (Å²) < 4.78 is 34.0. The molecule has 0 aromatic heterocycles. The van der Waals surface area contributed by atoms with Gasteiger partial charge in [0, 0.05) is 23.6 Å². The van der Waals surface area contributed by atoms with Crippen LogP contribution in [0.5, 0.6) is 11.5 Å². The average Bonchev–Trinajstić information content (AvgIpc) is 2.67. The van der Waals surface area contributed by atoms with E-state index in [4.69, 9.17) is 4.74 Å². The van der Waals surface area contributed by atoms with Crippen LogP contribution in [0.1, 0.15) is 5.56 Å². The van der Waals surface area contributed by atoms with Crippen molar-refractivity contribution in [2.45, 2.75) is 17.9 Å². The van der Waals surface area contributed by atoms with Crippen LogP contribution in [-0.4, -0.2) is 36.8 Å². The van der Waals surface area contributed by atoms with Gasteiger partial charge in [0.05, 0.1) is 17.8 Å². The number of halogens is 2. The first kappa shape index (κ1) is 21.4. The zero-order chi connectivity index (χ0) is 20.5. The van der Waals surface area contributed by atoms with Crippen molar-refractivity contribution in [1.82, 2.24) is 5.32 Å². The molecule has 7 nitrogen and oxygen atoms in total. The van der Waals surface area contributed by atoms with Crippen molar-refractivity contribution in [3.05, 3.63) is 58.1 Å². The third kappa shape index (κ3) is 6.69. The van der Waals surface area contributed by atoms with E-state index < -0.39 is 11.5 Å². The summed E-state index contributed by atoms with van der Waals surface area (Å²) >= 11 is 1.27. The van der Waals surface area contributed by atoms with Crippen molar-refractivity contribution < 1.29 is 28.0 Å². The zero-order valence-electron chi connectivity index (χ0n) is 14.9. The molecule has 2 rings (SSSR count). The smallest absolute Gasteiger partial charge is 0.387 e. The molecular formula is C18H18F2N2O5S. The average molecular weight is 412 g/mol. The van der Waals surface area contributed by atoms with Crippen LogP contribution >= 0.6 is 11.8 Å². The molecule has 2 aromatic carbocycles. The van der Waals surface area contributed by atoms with Crippen LogP contribution in [0.25, 0.3) is 0 Å². The Morgan fingerprint density at radius 1 is 1.21 bits per heavy atom. The number of hydrogen-bond donors (Lipinski definition) is 1. The highest BCUT2D eigenvalue weighted by Gasteiger charge is 2.11. The fraction of sp³-hybridized carbons (Fsp3) is 0.278. The number of nitrogens with zero attached hydrogens (tertiary/aromatic N) is 1. The Hall–Kier alpha value is -2.88. The summed E-state index contributed by atoms with van der Waals surface area (Å²) in [6.07, 6.45) is 0.485. The number of alkyl halides is 2. The standard InChI is InChI=1S/C18H18F2N2O5S/c1-26-16-10-12(2-7-15(16)27-18(19)20)8-9-21-17(23)11-28-14-5-3-13(4-6-14)22(24)25/h2-7,10,18H,8-9,11H2,1H3,(H,21,23). The Morgan fingerprint density at radius 3 is 2.54 bits per heavy atom. The molecule has 1 N–H and O–H groups in total. The van der Waals surface area contributed by atoms with E-state index in [9.17, 15) is 23.7 Å². The predicted octanol–water partition coefficient (Wildman–Crippen LogP) is 3.66. The molecule has 0 saturated heterocycles. The van der Waals surface area contributed by atoms with E-state index in [2.05, 4.69) is 10.1 Å². The molecular weight excluding hydrogens is 394 g/mol. The monoisotopic (exact) mass is 412 g/mol. The highest BCUT2D eigenvalue weighted by Crippen LogP contribution is 2.29. The van der Waals surface area contributed by atoms with Gasteiger partial charge >= 0.3 is 6.61 Å². The Kier molecular flexibility index (Phi) is 8.00. The molecule has 0 aliphatic carbocycles. The normalized spacial score (nSPS) is 10.6. The van der Waals surface area contributed by atoms with E-state index in [0.717, 1.165) is 10.5 Å². The maximum atomic E-state index is 12.3. The number of non-ortho nitro benzene ring substituents is 1. The Labute approximate surface area is 164 Å². The van der Waals surface area contributed by atoms with Gasteiger partial charge in [-0.2, -0.15) is 8.78 Å². The third-order valence-electron chi connectivity index (χ3n) is 3.60. The molecule has 0 atom stereocenters. The van der Waals surface area contributed by atoms with Crippen LogP contribution in [-0.2, 0) is 11.2 Å². The number of nitro benzene ring substituents is 1. The first-order chi connectivity index (χ1) is 13.4. The van der Waals surface area contributed by atoms with E-state index in [1.165, 1.54) is 37.1 Å². The summed E-state index contributed by atoms with van der Waals surface area (Å²) in [4.78, 5) is 22.8. The lowest BCUT2D eigenvalue weighted by Crippen LogP contribution is -2.27. The lowest BCUT2D eigenvalue weighted by Gasteiger charge is -2.11. The van der Waals surface area contributed by atoms with E-state index in [1.54, 1.807) is 24.3 Å². The second kappa shape index (κ2) is 10.5. The molecule has 150 valence electrons. The van der Waals surface area contributed by atoms with Crippen molar-refractivity contribution in [2.75, 3.05) is 19.4 Å². The van der Waals surface area contributed by atoms with Gasteiger partial charge in [-0.05, 0) is 36.2 Å². The minimum Gasteiger partial charge on any atom is -0.493 e. The first-order valence-corrected chi connectivity index (χ1v) is 9.13. The molecule has 0 unspecified atom stereocenters. The second-order valence-corrected chi connectivity index (χ2v) is 6.55. The number of ether oxygens (including phenoxy) is 2. The summed E-state index contributed by atoms with van der Waals surface area (Å²) in [5, 5.41) is 13.4. The van der Waals surface area contributed by atoms with E-state index in [1.807, 2.05) is 0 Å². The van der Waals surface area contributed by atoms with Crippen molar-refractivity contribution in [3.8, 4) is 11.5 Å². The lowest BCUT2D eigenvalue weighted by atomic mass is 10.1. The minimum absolute atomic E-state index is 0.00537. The number of amides is 1. The molecule has 0 aliphatic rings. The van der Waals surface area contributed by atoms with Crippen LogP contribution in [0.3, 0.4) is 0 Å². The van der Waals surface area contributed by atoms with Crippen molar-refractivity contribution in [2.24, 2.45) is 0 Å². The summed E-state index contributed by atoms with van der Waals surface area (Å²) in [5.74, 6) is 0.123. The van der Waals surface area contributed by atoms with Crippen LogP contribution in [0.15, 0.2) is 47.4 Å². The maximum Gasteiger partial charge on any atom is 0.387 e. The second-order valence-electron chi connectivity index (χ2n) is 5.50. The molecule has 1 amide bonds. The summed E-state index contributed by atoms with van der Waals surface area (Å²) in [6, 6.07) is 10.5. The molecule has 0 aliphatic heterocycles. The molecule has 0 bridgehead atoms. The molecule has 10 heteroatoms. The fourth-order valence-corrected chi connectivity index (χ4v) is 3.00. The van der Waals surface area contributed by atoms with Crippen LogP contribution in [0.4, 0.5) is 14.5 Å². The van der Waals surface area contributed by atoms with Gasteiger partial charge < -0.3 is 14.8 Å². The Balaban J connectivity index is 1.77. The topological polar surface area (TPSA) is 90.7 Å². The van der Waals surface area contributed by atoms with Crippen LogP contribution in [0.2, 0.25) is 0 Å². The number of nitro groups is 1. The number of carbonyl (C=O) groups excluding carboxylic acids is 1. The number of hydrogen-bond acceptors (Lipinski definition) is 6. The number of thioether (sulfide) groups is 1. The van der Waals surface area contributed by atoms with Gasteiger partial charge in [-0.15, -0.1) is 11.8 Å². The molecule has 0 saturated carbocycles. The van der Waals surface area contributed by atoms with Crippen molar-refractivity contribution >= 4 is 23.4 Å². The first-order valence-electron chi connectivity index (χ1n) is 8.14. The van der Waals surface area contributed by atoms with Crippen molar-refractivity contribution in [3.63, 3.8) is 0 Å². The third-order valence-corrected chi connectivity index (χ3v) is 4.61. The van der Waals surface area contributed by atoms with Gasteiger partial charge in [0.25, 0.3) is 5.69 Å². The summed E-state index contributed by atoms with van der Waals surface area (Å²) in [5.41, 5.74) is 0.788. The molecule has 28 heavy (non-hydrogen) atoms. The van der Waals surface area contributed by atoms with Crippen LogP contribution < -0.4 is 14.8 Å².